The summed E-state index contributed by atoms with van der Waals surface area (Å²) in [5.41, 5.74) is 0. The molecule has 1 unspecified atom stereocenters. The number of likely N-dealkylation sites (N-methyl/N-ethyl adjacent to an activating group) is 1. The maximum Gasteiger partial charge on any atom is 0.305 e. The van der Waals surface area contributed by atoms with Crippen LogP contribution in [0.15, 0.2) is 59.0 Å². The van der Waals surface area contributed by atoms with Crippen LogP contribution in [-0.2, 0) is 11.4 Å². The lowest BCUT2D eigenvalue weighted by molar-refractivity contribution is -0.871. The Morgan fingerprint density at radius 3 is 2.53 bits per heavy atom. The number of carbonyl (C=O) groups is 2. The normalized spacial score (nSPS) is 12.5. The molecule has 0 aliphatic rings. The third-order valence-corrected chi connectivity index (χ3v) is 4.53. The van der Waals surface area contributed by atoms with Crippen LogP contribution in [0.4, 0.5) is 0 Å². The summed E-state index contributed by atoms with van der Waals surface area (Å²) >= 11 is 0. The van der Waals surface area contributed by atoms with Crippen molar-refractivity contribution in [2.75, 3.05) is 27.7 Å². The van der Waals surface area contributed by atoms with Crippen LogP contribution in [0.25, 0.3) is 10.8 Å². The summed E-state index contributed by atoms with van der Waals surface area (Å²) in [5.74, 6) is -0.0266. The summed E-state index contributed by atoms with van der Waals surface area (Å²) in [6.07, 6.45) is -0.154. The minimum atomic E-state index is -0.961. The van der Waals surface area contributed by atoms with Gasteiger partial charge in [0.1, 0.15) is 18.1 Å². The molecule has 0 fully saturated rings. The second kappa shape index (κ2) is 9.00. The lowest BCUT2D eigenvalue weighted by atomic mass is 10.1. The highest BCUT2D eigenvalue weighted by Crippen LogP contribution is 2.26. The van der Waals surface area contributed by atoms with Gasteiger partial charge in [0, 0.05) is 5.39 Å². The molecule has 3 aromatic rings. The number of carboxylic acid groups (broad SMARTS) is 1. The number of nitrogens with zero attached hydrogens (tertiary/aromatic N) is 1. The molecule has 0 saturated heterocycles. The number of quaternary nitrogens is 1. The lowest BCUT2D eigenvalue weighted by Gasteiger charge is -2.28. The Kier molecular flexibility index (Phi) is 6.42. The molecule has 0 aliphatic carbocycles. The van der Waals surface area contributed by atoms with Crippen LogP contribution in [0, 0.1) is 0 Å². The minimum absolute atomic E-state index is 0.128. The molecule has 2 N–H and O–H groups in total. The Labute approximate surface area is 175 Å². The summed E-state index contributed by atoms with van der Waals surface area (Å²) in [7, 11) is 5.82. The molecule has 1 aromatic heterocycles. The van der Waals surface area contributed by atoms with Gasteiger partial charge in [-0.05, 0) is 23.6 Å². The van der Waals surface area contributed by atoms with Gasteiger partial charge in [0.2, 0.25) is 0 Å². The van der Waals surface area contributed by atoms with Crippen molar-refractivity contribution in [3.63, 3.8) is 0 Å². The first-order chi connectivity index (χ1) is 14.2. The van der Waals surface area contributed by atoms with Crippen LogP contribution in [0.3, 0.4) is 0 Å². The Hall–Kier alpha value is -3.32. The molecule has 0 spiro atoms. The van der Waals surface area contributed by atoms with E-state index in [4.69, 9.17) is 14.3 Å². The molecule has 7 nitrogen and oxygen atoms in total. The fourth-order valence-corrected chi connectivity index (χ4v) is 3.34. The Bertz CT molecular complexity index is 1030. The monoisotopic (exact) mass is 411 g/mol. The van der Waals surface area contributed by atoms with E-state index in [0.717, 1.165) is 16.5 Å². The summed E-state index contributed by atoms with van der Waals surface area (Å²) in [5, 5.41) is 14.0. The largest absolute Gasteiger partial charge is 0.485 e. The Morgan fingerprint density at radius 1 is 1.07 bits per heavy atom. The molecular formula is C23H27N2O5+. The third kappa shape index (κ3) is 5.84. The zero-order valence-corrected chi connectivity index (χ0v) is 17.4. The van der Waals surface area contributed by atoms with Gasteiger partial charge < -0.3 is 24.1 Å². The van der Waals surface area contributed by atoms with E-state index in [9.17, 15) is 9.59 Å². The molecule has 0 aliphatic heterocycles. The number of fused-ring (bicyclic) bond motifs is 1. The molecule has 0 saturated carbocycles. The van der Waals surface area contributed by atoms with E-state index in [-0.39, 0.29) is 18.8 Å². The van der Waals surface area contributed by atoms with Gasteiger partial charge in [-0.3, -0.25) is 9.59 Å². The van der Waals surface area contributed by atoms with Crippen molar-refractivity contribution in [3.8, 4) is 5.75 Å². The fourth-order valence-electron chi connectivity index (χ4n) is 3.34. The summed E-state index contributed by atoms with van der Waals surface area (Å²) in [4.78, 5) is 23.7. The molecule has 0 radical (unpaired) electrons. The predicted molar refractivity (Wildman–Crippen MR) is 113 cm³/mol. The van der Waals surface area contributed by atoms with E-state index in [2.05, 4.69) is 5.32 Å². The number of rotatable bonds is 9. The maximum atomic E-state index is 12.5. The zero-order valence-electron chi connectivity index (χ0n) is 17.4. The Balaban J connectivity index is 1.64. The first kappa shape index (κ1) is 21.4. The minimum Gasteiger partial charge on any atom is -0.485 e. The number of benzene rings is 2. The average molecular weight is 411 g/mol. The Morgan fingerprint density at radius 2 is 1.80 bits per heavy atom. The highest BCUT2D eigenvalue weighted by Gasteiger charge is 2.24. The molecule has 30 heavy (non-hydrogen) atoms. The molecule has 2 aromatic carbocycles. The predicted octanol–water partition coefficient (Wildman–Crippen LogP) is 3.29. The highest BCUT2D eigenvalue weighted by atomic mass is 16.5. The number of furan rings is 1. The number of aliphatic carboxylic acids is 1. The number of carbonyl (C=O) groups excluding carboxylic acids is 1. The number of nitrogens with one attached hydrogen (secondary N) is 1. The van der Waals surface area contributed by atoms with Crippen LogP contribution in [0.5, 0.6) is 5.75 Å². The molecule has 3 rings (SSSR count). The average Bonchev–Trinajstić information content (AvgIpc) is 3.13. The van der Waals surface area contributed by atoms with Crippen LogP contribution in [-0.4, -0.2) is 55.2 Å². The van der Waals surface area contributed by atoms with Gasteiger partial charge in [-0.1, -0.05) is 36.4 Å². The third-order valence-electron chi connectivity index (χ3n) is 4.53. The number of hydrogen-bond donors (Lipinski definition) is 2. The van der Waals surface area contributed by atoms with Crippen molar-refractivity contribution >= 4 is 22.6 Å². The summed E-state index contributed by atoms with van der Waals surface area (Å²) < 4.78 is 12.0. The van der Waals surface area contributed by atoms with Crippen LogP contribution >= 0.6 is 0 Å². The number of hydrogen-bond acceptors (Lipinski definition) is 4. The first-order valence-electron chi connectivity index (χ1n) is 9.74. The second-order valence-corrected chi connectivity index (χ2v) is 8.27. The molecule has 7 heteroatoms. The van der Waals surface area contributed by atoms with Crippen molar-refractivity contribution in [2.45, 2.75) is 19.1 Å². The van der Waals surface area contributed by atoms with Crippen LogP contribution in [0.1, 0.15) is 22.7 Å². The van der Waals surface area contributed by atoms with Gasteiger partial charge in [-0.15, -0.1) is 0 Å². The quantitative estimate of drug-likeness (QED) is 0.528. The first-order valence-corrected chi connectivity index (χ1v) is 9.74. The van der Waals surface area contributed by atoms with Crippen molar-refractivity contribution in [2.24, 2.45) is 0 Å². The van der Waals surface area contributed by atoms with E-state index < -0.39 is 17.9 Å². The van der Waals surface area contributed by atoms with Crippen molar-refractivity contribution in [1.29, 1.82) is 0 Å². The molecule has 1 heterocycles. The number of carboxylic acids is 1. The van der Waals surface area contributed by atoms with E-state index in [1.807, 2.05) is 63.6 Å². The summed E-state index contributed by atoms with van der Waals surface area (Å²) in [6, 6.07) is 16.5. The van der Waals surface area contributed by atoms with E-state index in [0.29, 0.717) is 16.8 Å². The van der Waals surface area contributed by atoms with E-state index in [1.54, 1.807) is 12.1 Å². The zero-order chi connectivity index (χ0) is 21.7. The SMILES string of the molecule is C[N+](C)(C)CC(CC(=O)O)NC(=O)c1ccc(COc2cccc3ccccc23)o1. The maximum absolute atomic E-state index is 12.5. The highest BCUT2D eigenvalue weighted by molar-refractivity contribution is 5.92. The molecular weight excluding hydrogens is 384 g/mol. The van der Waals surface area contributed by atoms with Crippen molar-refractivity contribution < 1.29 is 28.3 Å². The number of amides is 1. The molecule has 0 bridgehead atoms. The second-order valence-electron chi connectivity index (χ2n) is 8.27. The molecule has 158 valence electrons. The van der Waals surface area contributed by atoms with Gasteiger partial charge in [0.05, 0.1) is 40.2 Å². The van der Waals surface area contributed by atoms with Gasteiger partial charge in [0.25, 0.3) is 5.91 Å². The fraction of sp³-hybridized carbons (Fsp3) is 0.304. The van der Waals surface area contributed by atoms with Gasteiger partial charge in [0.15, 0.2) is 5.76 Å². The smallest absolute Gasteiger partial charge is 0.305 e. The molecule has 1 amide bonds. The van der Waals surface area contributed by atoms with Gasteiger partial charge in [-0.2, -0.15) is 0 Å². The van der Waals surface area contributed by atoms with Gasteiger partial charge >= 0.3 is 5.97 Å². The van der Waals surface area contributed by atoms with Crippen LogP contribution in [0.2, 0.25) is 0 Å². The van der Waals surface area contributed by atoms with Crippen molar-refractivity contribution in [1.82, 2.24) is 5.32 Å². The van der Waals surface area contributed by atoms with Gasteiger partial charge in [-0.25, -0.2) is 0 Å². The standard InChI is InChI=1S/C23H26N2O5/c1-25(2,3)14-17(13-22(26)27)24-23(28)21-12-11-18(30-21)15-29-20-10-6-8-16-7-4-5-9-19(16)20/h4-12,17H,13-15H2,1-3H3,(H-,24,26,27,28)/p+1. The number of ether oxygens (including phenoxy) is 1. The summed E-state index contributed by atoms with van der Waals surface area (Å²) in [6.45, 7) is 0.661. The van der Waals surface area contributed by atoms with E-state index in [1.165, 1.54) is 0 Å². The van der Waals surface area contributed by atoms with E-state index >= 15 is 0 Å². The molecule has 1 atom stereocenters. The van der Waals surface area contributed by atoms with Crippen LogP contribution < -0.4 is 10.1 Å². The van der Waals surface area contributed by atoms with Crippen molar-refractivity contribution in [3.05, 3.63) is 66.1 Å². The topological polar surface area (TPSA) is 88.8 Å². The lowest BCUT2D eigenvalue weighted by Crippen LogP contribution is -2.49.